The molecule has 1 atom stereocenters. The van der Waals surface area contributed by atoms with Gasteiger partial charge in [0.15, 0.2) is 0 Å². The third kappa shape index (κ3) is 7.95. The molecule has 0 fully saturated rings. The first-order valence-electron chi connectivity index (χ1n) is 7.03. The van der Waals surface area contributed by atoms with Crippen molar-refractivity contribution in [2.24, 2.45) is 5.92 Å². The van der Waals surface area contributed by atoms with Gasteiger partial charge in [-0.1, -0.05) is 20.8 Å². The smallest absolute Gasteiger partial charge is 0.0420 e. The van der Waals surface area contributed by atoms with E-state index in [9.17, 15) is 0 Å². The average Bonchev–Trinajstić information content (AvgIpc) is 2.38. The Kier molecular flexibility index (Phi) is 8.75. The van der Waals surface area contributed by atoms with Crippen LogP contribution in [0.2, 0.25) is 0 Å². The van der Waals surface area contributed by atoms with Crippen LogP contribution < -0.4 is 5.32 Å². The summed E-state index contributed by atoms with van der Waals surface area (Å²) in [5.41, 5.74) is 1.17. The lowest BCUT2D eigenvalue weighted by molar-refractivity contribution is 0.544. The SMILES string of the molecule is CCCNC(CSCC(C)C)Cc1ccc(Br)cn1. The second-order valence-electron chi connectivity index (χ2n) is 5.25. The van der Waals surface area contributed by atoms with Crippen LogP contribution in [0.15, 0.2) is 22.8 Å². The van der Waals surface area contributed by atoms with Gasteiger partial charge in [0.05, 0.1) is 0 Å². The number of thioether (sulfide) groups is 1. The van der Waals surface area contributed by atoms with Gasteiger partial charge in [0.1, 0.15) is 0 Å². The highest BCUT2D eigenvalue weighted by atomic mass is 79.9. The zero-order chi connectivity index (χ0) is 14.1. The van der Waals surface area contributed by atoms with Crippen molar-refractivity contribution in [3.05, 3.63) is 28.5 Å². The normalized spacial score (nSPS) is 12.9. The number of nitrogens with zero attached hydrogens (tertiary/aromatic N) is 1. The van der Waals surface area contributed by atoms with Crippen molar-refractivity contribution >= 4 is 27.7 Å². The molecule has 0 aliphatic heterocycles. The Morgan fingerprint density at radius 3 is 2.68 bits per heavy atom. The first-order valence-corrected chi connectivity index (χ1v) is 8.98. The fourth-order valence-corrected chi connectivity index (χ4v) is 3.13. The van der Waals surface area contributed by atoms with E-state index in [-0.39, 0.29) is 0 Å². The number of nitrogens with one attached hydrogen (secondary N) is 1. The average molecular weight is 345 g/mol. The van der Waals surface area contributed by atoms with Gasteiger partial charge in [-0.25, -0.2) is 0 Å². The van der Waals surface area contributed by atoms with Crippen LogP contribution in [-0.4, -0.2) is 29.1 Å². The molecule has 0 aliphatic rings. The van der Waals surface area contributed by atoms with E-state index in [0.29, 0.717) is 6.04 Å². The lowest BCUT2D eigenvalue weighted by Gasteiger charge is -2.18. The maximum Gasteiger partial charge on any atom is 0.0420 e. The van der Waals surface area contributed by atoms with E-state index in [0.717, 1.165) is 29.1 Å². The van der Waals surface area contributed by atoms with Crippen LogP contribution in [0, 0.1) is 5.92 Å². The maximum absolute atomic E-state index is 4.47. The molecule has 108 valence electrons. The van der Waals surface area contributed by atoms with E-state index < -0.39 is 0 Å². The Hall–Kier alpha value is -0.0600. The first kappa shape index (κ1) is 17.0. The minimum absolute atomic E-state index is 0.525. The minimum atomic E-state index is 0.525. The zero-order valence-electron chi connectivity index (χ0n) is 12.2. The Morgan fingerprint density at radius 2 is 2.11 bits per heavy atom. The van der Waals surface area contributed by atoms with Crippen LogP contribution in [0.5, 0.6) is 0 Å². The van der Waals surface area contributed by atoms with Gasteiger partial charge < -0.3 is 5.32 Å². The maximum atomic E-state index is 4.47. The molecular weight excluding hydrogens is 320 g/mol. The van der Waals surface area contributed by atoms with E-state index in [2.05, 4.69) is 59.1 Å². The van der Waals surface area contributed by atoms with Gasteiger partial charge in [0.2, 0.25) is 0 Å². The molecule has 0 aromatic carbocycles. The Balaban J connectivity index is 2.45. The van der Waals surface area contributed by atoms with Gasteiger partial charge >= 0.3 is 0 Å². The van der Waals surface area contributed by atoms with E-state index in [1.807, 2.05) is 18.0 Å². The fraction of sp³-hybridized carbons (Fsp3) is 0.667. The summed E-state index contributed by atoms with van der Waals surface area (Å²) in [6, 6.07) is 4.70. The van der Waals surface area contributed by atoms with Crippen molar-refractivity contribution in [3.8, 4) is 0 Å². The summed E-state index contributed by atoms with van der Waals surface area (Å²) in [5, 5.41) is 3.63. The van der Waals surface area contributed by atoms with Gasteiger partial charge in [0.25, 0.3) is 0 Å². The minimum Gasteiger partial charge on any atom is -0.313 e. The van der Waals surface area contributed by atoms with Crippen LogP contribution in [-0.2, 0) is 6.42 Å². The number of rotatable bonds is 9. The summed E-state index contributed by atoms with van der Waals surface area (Å²) in [7, 11) is 0. The van der Waals surface area contributed by atoms with Crippen molar-refractivity contribution in [2.45, 2.75) is 39.7 Å². The monoisotopic (exact) mass is 344 g/mol. The number of hydrogen-bond donors (Lipinski definition) is 1. The second-order valence-corrected chi connectivity index (χ2v) is 7.24. The molecule has 0 spiro atoms. The quantitative estimate of drug-likeness (QED) is 0.728. The Bertz CT molecular complexity index is 341. The topological polar surface area (TPSA) is 24.9 Å². The summed E-state index contributed by atoms with van der Waals surface area (Å²) in [6.45, 7) is 7.85. The van der Waals surface area contributed by atoms with E-state index in [4.69, 9.17) is 0 Å². The molecule has 0 aliphatic carbocycles. The predicted octanol–water partition coefficient (Wildman–Crippen LogP) is 4.14. The molecule has 1 heterocycles. The summed E-state index contributed by atoms with van der Waals surface area (Å²) in [4.78, 5) is 4.47. The molecule has 1 rings (SSSR count). The van der Waals surface area contributed by atoms with Crippen LogP contribution in [0.4, 0.5) is 0 Å². The number of hydrogen-bond acceptors (Lipinski definition) is 3. The highest BCUT2D eigenvalue weighted by Crippen LogP contribution is 2.13. The first-order chi connectivity index (χ1) is 9.11. The largest absolute Gasteiger partial charge is 0.313 e. The van der Waals surface area contributed by atoms with Crippen molar-refractivity contribution in [1.29, 1.82) is 0 Å². The fourth-order valence-electron chi connectivity index (χ4n) is 1.76. The predicted molar refractivity (Wildman–Crippen MR) is 89.9 cm³/mol. The standard InChI is InChI=1S/C15H25BrN2S/c1-4-7-17-15(11-19-10-12(2)3)8-14-6-5-13(16)9-18-14/h5-6,9,12,15,17H,4,7-8,10-11H2,1-3H3. The van der Waals surface area contributed by atoms with Crippen LogP contribution >= 0.6 is 27.7 Å². The zero-order valence-corrected chi connectivity index (χ0v) is 14.6. The molecule has 0 radical (unpaired) electrons. The molecule has 1 aromatic rings. The van der Waals surface area contributed by atoms with Gasteiger partial charge in [-0.15, -0.1) is 0 Å². The van der Waals surface area contributed by atoms with Crippen molar-refractivity contribution in [1.82, 2.24) is 10.3 Å². The highest BCUT2D eigenvalue weighted by molar-refractivity contribution is 9.10. The van der Waals surface area contributed by atoms with Crippen LogP contribution in [0.3, 0.4) is 0 Å². The van der Waals surface area contributed by atoms with Crippen molar-refractivity contribution in [3.63, 3.8) is 0 Å². The number of aromatic nitrogens is 1. The molecule has 0 saturated carbocycles. The third-order valence-electron chi connectivity index (χ3n) is 2.70. The molecule has 1 N–H and O–H groups in total. The van der Waals surface area contributed by atoms with E-state index in [1.54, 1.807) is 0 Å². The van der Waals surface area contributed by atoms with Gasteiger partial charge in [-0.05, 0) is 52.7 Å². The van der Waals surface area contributed by atoms with E-state index >= 15 is 0 Å². The molecule has 2 nitrogen and oxygen atoms in total. The molecule has 1 unspecified atom stereocenters. The Labute approximate surface area is 130 Å². The summed E-state index contributed by atoms with van der Waals surface area (Å²) in [5.74, 6) is 3.16. The van der Waals surface area contributed by atoms with Crippen LogP contribution in [0.25, 0.3) is 0 Å². The number of pyridine rings is 1. The third-order valence-corrected chi connectivity index (χ3v) is 4.71. The summed E-state index contributed by atoms with van der Waals surface area (Å²) >= 11 is 5.47. The molecule has 0 amide bonds. The number of halogens is 1. The van der Waals surface area contributed by atoms with Gasteiger partial charge in [-0.2, -0.15) is 11.8 Å². The van der Waals surface area contributed by atoms with Gasteiger partial charge in [-0.3, -0.25) is 4.98 Å². The summed E-state index contributed by atoms with van der Waals surface area (Å²) in [6.07, 6.45) is 4.07. The van der Waals surface area contributed by atoms with E-state index in [1.165, 1.54) is 17.9 Å². The Morgan fingerprint density at radius 1 is 1.32 bits per heavy atom. The summed E-state index contributed by atoms with van der Waals surface area (Å²) < 4.78 is 1.04. The van der Waals surface area contributed by atoms with Crippen molar-refractivity contribution < 1.29 is 0 Å². The highest BCUT2D eigenvalue weighted by Gasteiger charge is 2.10. The van der Waals surface area contributed by atoms with Crippen molar-refractivity contribution in [2.75, 3.05) is 18.1 Å². The molecular formula is C15H25BrN2S. The second kappa shape index (κ2) is 9.78. The molecule has 0 saturated heterocycles. The lowest BCUT2D eigenvalue weighted by Crippen LogP contribution is -2.34. The molecule has 4 heteroatoms. The van der Waals surface area contributed by atoms with Gasteiger partial charge in [0, 0.05) is 34.6 Å². The molecule has 19 heavy (non-hydrogen) atoms. The molecule has 0 bridgehead atoms. The molecule has 1 aromatic heterocycles. The van der Waals surface area contributed by atoms with Crippen LogP contribution in [0.1, 0.15) is 32.9 Å². The lowest BCUT2D eigenvalue weighted by atomic mass is 10.1.